The number of benzene rings is 2. The second-order valence-electron chi connectivity index (χ2n) is 11.9. The minimum absolute atomic E-state index is 0.131. The Morgan fingerprint density at radius 2 is 1.42 bits per heavy atom. The third-order valence-corrected chi connectivity index (χ3v) is 9.39. The highest BCUT2D eigenvalue weighted by atomic mass is 32.2. The molecule has 0 aliphatic rings. The summed E-state index contributed by atoms with van der Waals surface area (Å²) < 4.78 is 10.4. The van der Waals surface area contributed by atoms with Crippen molar-refractivity contribution in [1.29, 1.82) is 0 Å². The number of fused-ring (bicyclic) bond motifs is 1. The average Bonchev–Trinajstić information content (AvgIpc) is 2.99. The van der Waals surface area contributed by atoms with Crippen LogP contribution in [0.3, 0.4) is 0 Å². The third kappa shape index (κ3) is 11.8. The second-order valence-corrected chi connectivity index (χ2v) is 13.3. The van der Waals surface area contributed by atoms with Gasteiger partial charge in [-0.1, -0.05) is 133 Å². The molecule has 0 saturated carbocycles. The van der Waals surface area contributed by atoms with Crippen LogP contribution in [0.15, 0.2) is 62.6 Å². The zero-order valence-electron chi connectivity index (χ0n) is 26.6. The van der Waals surface area contributed by atoms with Crippen LogP contribution in [0.5, 0.6) is 0 Å². The van der Waals surface area contributed by atoms with Crippen LogP contribution >= 0.6 is 11.8 Å². The molecule has 1 heterocycles. The minimum Gasteiger partial charge on any atom is -0.463 e. The highest BCUT2D eigenvalue weighted by Gasteiger charge is 2.29. The molecule has 0 spiro atoms. The van der Waals surface area contributed by atoms with Crippen molar-refractivity contribution in [3.8, 4) is 0 Å². The molecule has 2 aromatic carbocycles. The van der Waals surface area contributed by atoms with E-state index in [1.807, 2.05) is 6.07 Å². The molecule has 0 fully saturated rings. The lowest BCUT2D eigenvalue weighted by Gasteiger charge is -2.28. The molecule has 1 aromatic heterocycles. The smallest absolute Gasteiger partial charge is 0.374 e. The van der Waals surface area contributed by atoms with Crippen molar-refractivity contribution >= 4 is 28.7 Å². The fourth-order valence-electron chi connectivity index (χ4n) is 5.79. The fourth-order valence-corrected chi connectivity index (χ4v) is 7.06. The summed E-state index contributed by atoms with van der Waals surface area (Å²) in [5, 5.41) is 12.2. The van der Waals surface area contributed by atoms with Crippen molar-refractivity contribution in [3.05, 3.63) is 75.6 Å². The van der Waals surface area contributed by atoms with Gasteiger partial charge in [0.2, 0.25) is 5.76 Å². The van der Waals surface area contributed by atoms with Crippen LogP contribution in [0.25, 0.3) is 11.0 Å². The van der Waals surface area contributed by atoms with Crippen molar-refractivity contribution in [2.75, 3.05) is 7.11 Å². The first kappa shape index (κ1) is 34.9. The zero-order chi connectivity index (χ0) is 30.9. The lowest BCUT2D eigenvalue weighted by molar-refractivity contribution is 0.0565. The lowest BCUT2D eigenvalue weighted by atomic mass is 9.95. The highest BCUT2D eigenvalue weighted by Crippen LogP contribution is 2.39. The molecule has 236 valence electrons. The molecule has 0 bridgehead atoms. The summed E-state index contributed by atoms with van der Waals surface area (Å²) in [5.41, 5.74) is 2.50. The van der Waals surface area contributed by atoms with Gasteiger partial charge in [-0.2, -0.15) is 0 Å². The molecule has 0 saturated heterocycles. The lowest BCUT2D eigenvalue weighted by Crippen LogP contribution is -2.27. The zero-order valence-corrected chi connectivity index (χ0v) is 27.4. The summed E-state index contributed by atoms with van der Waals surface area (Å²) in [6, 6.07) is 14.9. The average molecular weight is 609 g/mol. The van der Waals surface area contributed by atoms with Crippen LogP contribution in [0.4, 0.5) is 0 Å². The number of hydrogen-bond acceptors (Lipinski definition) is 6. The molecule has 1 atom stereocenters. The molecule has 3 rings (SSSR count). The van der Waals surface area contributed by atoms with Gasteiger partial charge in [0.25, 0.3) is 0 Å². The van der Waals surface area contributed by atoms with Gasteiger partial charge in [-0.25, -0.2) is 4.79 Å². The molecule has 3 aromatic rings. The Bertz CT molecular complexity index is 1320. The van der Waals surface area contributed by atoms with Crippen molar-refractivity contribution in [3.63, 3.8) is 0 Å². The van der Waals surface area contributed by atoms with E-state index >= 15 is 0 Å². The number of unbranched alkanes of at least 4 members (excludes halogenated alkanes) is 12. The van der Waals surface area contributed by atoms with Crippen LogP contribution in [-0.4, -0.2) is 23.1 Å². The van der Waals surface area contributed by atoms with Crippen LogP contribution < -0.4 is 5.43 Å². The number of thioether (sulfide) groups is 1. The van der Waals surface area contributed by atoms with E-state index in [-0.39, 0.29) is 11.2 Å². The predicted molar refractivity (Wildman–Crippen MR) is 179 cm³/mol. The molecule has 0 amide bonds. The van der Waals surface area contributed by atoms with E-state index in [2.05, 4.69) is 38.1 Å². The summed E-state index contributed by atoms with van der Waals surface area (Å²) in [6.07, 6.45) is 20.5. The predicted octanol–water partition coefficient (Wildman–Crippen LogP) is 10.0. The molecule has 43 heavy (non-hydrogen) atoms. The van der Waals surface area contributed by atoms with E-state index in [1.165, 1.54) is 113 Å². The van der Waals surface area contributed by atoms with Gasteiger partial charge in [-0.3, -0.25) is 4.79 Å². The first-order valence-electron chi connectivity index (χ1n) is 16.5. The molecule has 0 radical (unpaired) electrons. The van der Waals surface area contributed by atoms with E-state index < -0.39 is 10.9 Å². The molecule has 0 aliphatic carbocycles. The monoisotopic (exact) mass is 608 g/mol. The summed E-state index contributed by atoms with van der Waals surface area (Å²) in [5.74, 6) is -0.826. The minimum atomic E-state index is -1.02. The van der Waals surface area contributed by atoms with Crippen molar-refractivity contribution < 1.29 is 19.1 Å². The van der Waals surface area contributed by atoms with Gasteiger partial charge in [-0.15, -0.1) is 0 Å². The Balaban J connectivity index is 1.53. The summed E-state index contributed by atoms with van der Waals surface area (Å²) >= 11 is 1.38. The molecule has 6 heteroatoms. The highest BCUT2D eigenvalue weighted by molar-refractivity contribution is 8.00. The Hall–Kier alpha value is -2.57. The molecular formula is C37H52O5S. The Labute approximate surface area is 262 Å². The van der Waals surface area contributed by atoms with E-state index in [0.717, 1.165) is 23.8 Å². The standard InChI is InChI=1S/C37H52O5S/c1-4-6-7-8-9-10-11-12-13-14-15-16-17-20-29-21-18-19-22-30(29)28-37(40,25-5-2)43-31-23-24-32-33(38)27-35(36(39)41-3)42-34(32)26-31/h18-19,21-24,26-27,40H,4-17,20,25,28H2,1-3H3/t37-/m1/s1. The Kier molecular flexibility index (Phi) is 15.4. The van der Waals surface area contributed by atoms with E-state index in [1.54, 1.807) is 12.1 Å². The van der Waals surface area contributed by atoms with Gasteiger partial charge in [0.1, 0.15) is 10.5 Å². The van der Waals surface area contributed by atoms with Gasteiger partial charge in [0, 0.05) is 17.4 Å². The Morgan fingerprint density at radius 3 is 2.02 bits per heavy atom. The maximum Gasteiger partial charge on any atom is 0.374 e. The van der Waals surface area contributed by atoms with Crippen LogP contribution in [0.1, 0.15) is 132 Å². The second kappa shape index (κ2) is 19.0. The fraction of sp³-hybridized carbons (Fsp3) is 0.568. The van der Waals surface area contributed by atoms with Crippen LogP contribution in [0.2, 0.25) is 0 Å². The number of esters is 1. The van der Waals surface area contributed by atoms with Gasteiger partial charge in [-0.05, 0) is 48.6 Å². The quantitative estimate of drug-likeness (QED) is 0.0561. The van der Waals surface area contributed by atoms with Gasteiger partial charge < -0.3 is 14.3 Å². The van der Waals surface area contributed by atoms with Crippen molar-refractivity contribution in [2.24, 2.45) is 0 Å². The third-order valence-electron chi connectivity index (χ3n) is 8.17. The van der Waals surface area contributed by atoms with Gasteiger partial charge in [0.15, 0.2) is 5.43 Å². The molecular weight excluding hydrogens is 556 g/mol. The number of methoxy groups -OCH3 is 1. The van der Waals surface area contributed by atoms with Gasteiger partial charge >= 0.3 is 5.97 Å². The van der Waals surface area contributed by atoms with Crippen molar-refractivity contribution in [1.82, 2.24) is 0 Å². The summed E-state index contributed by atoms with van der Waals surface area (Å²) in [4.78, 5) is 24.2. The number of rotatable bonds is 21. The van der Waals surface area contributed by atoms with Crippen molar-refractivity contribution in [2.45, 2.75) is 133 Å². The maximum atomic E-state index is 12.5. The molecule has 0 unspecified atom stereocenters. The number of aliphatic hydroxyl groups is 1. The molecule has 1 N–H and O–H groups in total. The summed E-state index contributed by atoms with van der Waals surface area (Å²) in [7, 11) is 1.25. The van der Waals surface area contributed by atoms with E-state index in [9.17, 15) is 14.7 Å². The van der Waals surface area contributed by atoms with Crippen LogP contribution in [-0.2, 0) is 17.6 Å². The maximum absolute atomic E-state index is 12.5. The van der Waals surface area contributed by atoms with E-state index in [4.69, 9.17) is 9.15 Å². The normalized spacial score (nSPS) is 12.8. The number of ether oxygens (including phenoxy) is 1. The van der Waals surface area contributed by atoms with Crippen LogP contribution in [0, 0.1) is 0 Å². The number of carbonyl (C=O) groups excluding carboxylic acids is 1. The molecule has 0 aliphatic heterocycles. The SMILES string of the molecule is CCCCCCCCCCCCCCCc1ccccc1C[C@@](O)(CCC)Sc1ccc2c(=O)cc(C(=O)OC)oc2c1. The number of carbonyl (C=O) groups is 1. The topological polar surface area (TPSA) is 76.7 Å². The first-order chi connectivity index (χ1) is 20.9. The van der Waals surface area contributed by atoms with Gasteiger partial charge in [0.05, 0.1) is 12.5 Å². The Morgan fingerprint density at radius 1 is 0.814 bits per heavy atom. The first-order valence-corrected chi connectivity index (χ1v) is 17.3. The molecule has 5 nitrogen and oxygen atoms in total. The number of aryl methyl sites for hydroxylation is 1. The largest absolute Gasteiger partial charge is 0.463 e. The number of hydrogen-bond donors (Lipinski definition) is 1. The summed E-state index contributed by atoms with van der Waals surface area (Å²) in [6.45, 7) is 4.35. The van der Waals surface area contributed by atoms with E-state index in [0.29, 0.717) is 23.8 Å².